The Bertz CT molecular complexity index is 1230. The van der Waals surface area contributed by atoms with Crippen molar-refractivity contribution in [3.8, 4) is 0 Å². The molecule has 2 amide bonds. The number of nitro groups is 1. The van der Waals surface area contributed by atoms with Gasteiger partial charge in [0.05, 0.1) is 10.6 Å². The van der Waals surface area contributed by atoms with Crippen LogP contribution in [0.3, 0.4) is 0 Å². The molecule has 1 aliphatic carbocycles. The quantitative estimate of drug-likeness (QED) is 0.402. The molecule has 0 atom stereocenters. The second kappa shape index (κ2) is 9.78. The molecule has 0 saturated carbocycles. The Morgan fingerprint density at radius 1 is 1.21 bits per heavy atom. The van der Waals surface area contributed by atoms with Crippen LogP contribution in [0.15, 0.2) is 51.3 Å². The van der Waals surface area contributed by atoms with Gasteiger partial charge >= 0.3 is 0 Å². The van der Waals surface area contributed by atoms with Crippen molar-refractivity contribution >= 4 is 34.6 Å². The van der Waals surface area contributed by atoms with Gasteiger partial charge in [-0.1, -0.05) is 12.1 Å². The number of hydrazone groups is 1. The number of nitro benzene ring substituents is 1. The van der Waals surface area contributed by atoms with Crippen molar-refractivity contribution in [2.24, 2.45) is 5.10 Å². The van der Waals surface area contributed by atoms with Crippen LogP contribution < -0.4 is 10.7 Å². The van der Waals surface area contributed by atoms with Crippen molar-refractivity contribution in [3.63, 3.8) is 0 Å². The van der Waals surface area contributed by atoms with E-state index in [2.05, 4.69) is 15.8 Å². The number of furan rings is 1. The molecule has 170 valence electrons. The maximum absolute atomic E-state index is 12.7. The molecule has 0 spiro atoms. The lowest BCUT2D eigenvalue weighted by Crippen LogP contribution is -2.26. The Hall–Kier alpha value is -3.79. The Labute approximate surface area is 193 Å². The minimum Gasteiger partial charge on any atom is -0.455 e. The zero-order valence-corrected chi connectivity index (χ0v) is 18.7. The molecular formula is C23H22N4O5S. The van der Waals surface area contributed by atoms with Crippen LogP contribution in [0.1, 0.15) is 55.5 Å². The second-order valence-corrected chi connectivity index (χ2v) is 8.63. The van der Waals surface area contributed by atoms with Crippen LogP contribution in [0.5, 0.6) is 0 Å². The molecule has 9 nitrogen and oxygen atoms in total. The van der Waals surface area contributed by atoms with Crippen LogP contribution in [-0.2, 0) is 12.8 Å². The first kappa shape index (κ1) is 22.4. The average molecular weight is 467 g/mol. The van der Waals surface area contributed by atoms with Gasteiger partial charge < -0.3 is 9.73 Å². The van der Waals surface area contributed by atoms with E-state index in [-0.39, 0.29) is 22.9 Å². The molecule has 0 unspecified atom stereocenters. The first-order chi connectivity index (χ1) is 15.9. The summed E-state index contributed by atoms with van der Waals surface area (Å²) in [5, 5.41) is 20.1. The second-order valence-electron chi connectivity index (χ2n) is 7.60. The molecule has 0 fully saturated rings. The number of fused-ring (bicyclic) bond motifs is 1. The van der Waals surface area contributed by atoms with Gasteiger partial charge in [-0.25, -0.2) is 5.43 Å². The molecule has 0 aliphatic heterocycles. The number of thiophene rings is 1. The summed E-state index contributed by atoms with van der Waals surface area (Å²) in [6, 6.07) is 9.45. The van der Waals surface area contributed by atoms with E-state index >= 15 is 0 Å². The van der Waals surface area contributed by atoms with Gasteiger partial charge in [-0.3, -0.25) is 19.7 Å². The van der Waals surface area contributed by atoms with Gasteiger partial charge in [-0.2, -0.15) is 5.10 Å². The largest absolute Gasteiger partial charge is 0.455 e. The Kier molecular flexibility index (Phi) is 6.64. The number of benzene rings is 1. The van der Waals surface area contributed by atoms with Crippen LogP contribution >= 0.6 is 11.3 Å². The van der Waals surface area contributed by atoms with Gasteiger partial charge in [-0.05, 0) is 43.7 Å². The number of non-ortho nitro benzene ring substituents is 1. The maximum atomic E-state index is 12.7. The Balaban J connectivity index is 1.48. The fourth-order valence-corrected chi connectivity index (χ4v) is 4.48. The van der Waals surface area contributed by atoms with Crippen LogP contribution in [0, 0.1) is 17.0 Å². The van der Waals surface area contributed by atoms with E-state index in [0.717, 1.165) is 18.4 Å². The standard InChI is InChI=1S/C23H22N4O5S/c1-14-20-18(25-26-22(28)15-5-2-6-16(13-15)27(30)31)8-3-9-19(20)32-21(14)23(29)24-11-10-17-7-4-12-33-17/h2,4-7,12-13H,3,8-11H2,1H3,(H,24,29)(H,26,28)/b25-18+. The number of nitrogens with one attached hydrogen (secondary N) is 2. The first-order valence-electron chi connectivity index (χ1n) is 10.5. The fraction of sp³-hybridized carbons (Fsp3) is 0.261. The molecule has 3 aromatic rings. The van der Waals surface area contributed by atoms with Crippen molar-refractivity contribution in [3.05, 3.63) is 85.0 Å². The van der Waals surface area contributed by atoms with E-state index in [1.54, 1.807) is 18.3 Å². The highest BCUT2D eigenvalue weighted by Crippen LogP contribution is 2.30. The van der Waals surface area contributed by atoms with Gasteiger partial charge in [0.1, 0.15) is 5.76 Å². The first-order valence-corrected chi connectivity index (χ1v) is 11.4. The molecule has 2 N–H and O–H groups in total. The molecule has 2 heterocycles. The van der Waals surface area contributed by atoms with Crippen molar-refractivity contribution in [1.82, 2.24) is 10.7 Å². The average Bonchev–Trinajstić information content (AvgIpc) is 3.45. The van der Waals surface area contributed by atoms with Gasteiger partial charge in [0.15, 0.2) is 5.76 Å². The number of hydrogen-bond acceptors (Lipinski definition) is 7. The summed E-state index contributed by atoms with van der Waals surface area (Å²) >= 11 is 1.65. The minimum absolute atomic E-state index is 0.138. The minimum atomic E-state index is -0.558. The topological polar surface area (TPSA) is 127 Å². The predicted octanol–water partition coefficient (Wildman–Crippen LogP) is 4.00. The van der Waals surface area contributed by atoms with Gasteiger partial charge in [0, 0.05) is 46.7 Å². The third kappa shape index (κ3) is 5.01. The summed E-state index contributed by atoms with van der Waals surface area (Å²) in [6.07, 6.45) is 2.81. The van der Waals surface area contributed by atoms with Gasteiger partial charge in [0.2, 0.25) is 0 Å². The molecule has 1 aliphatic rings. The van der Waals surface area contributed by atoms with E-state index in [4.69, 9.17) is 4.42 Å². The van der Waals surface area contributed by atoms with E-state index in [1.165, 1.54) is 29.1 Å². The third-order valence-corrected chi connectivity index (χ3v) is 6.32. The summed E-state index contributed by atoms with van der Waals surface area (Å²) < 4.78 is 5.87. The predicted molar refractivity (Wildman–Crippen MR) is 124 cm³/mol. The van der Waals surface area contributed by atoms with Crippen LogP contribution in [0.25, 0.3) is 0 Å². The van der Waals surface area contributed by atoms with Crippen molar-refractivity contribution < 1.29 is 18.9 Å². The molecule has 0 bridgehead atoms. The third-order valence-electron chi connectivity index (χ3n) is 5.38. The normalized spacial score (nSPS) is 14.0. The number of nitrogens with zero attached hydrogens (tertiary/aromatic N) is 2. The van der Waals surface area contributed by atoms with Crippen LogP contribution in [-0.4, -0.2) is 29.0 Å². The summed E-state index contributed by atoms with van der Waals surface area (Å²) in [6.45, 7) is 2.31. The van der Waals surface area contributed by atoms with Gasteiger partial charge in [-0.15, -0.1) is 11.3 Å². The molecule has 0 radical (unpaired) electrons. The number of rotatable bonds is 7. The summed E-state index contributed by atoms with van der Waals surface area (Å²) in [7, 11) is 0. The van der Waals surface area contributed by atoms with Crippen LogP contribution in [0.2, 0.25) is 0 Å². The SMILES string of the molecule is Cc1c(C(=O)NCCc2cccs2)oc2c1/C(=N/NC(=O)c1cccc([N+](=O)[O-])c1)CCC2. The van der Waals surface area contributed by atoms with E-state index in [0.29, 0.717) is 36.4 Å². The summed E-state index contributed by atoms with van der Waals surface area (Å²) in [4.78, 5) is 36.7. The monoisotopic (exact) mass is 466 g/mol. The van der Waals surface area contributed by atoms with Crippen LogP contribution in [0.4, 0.5) is 5.69 Å². The highest BCUT2D eigenvalue weighted by molar-refractivity contribution is 7.09. The highest BCUT2D eigenvalue weighted by Gasteiger charge is 2.28. The molecule has 33 heavy (non-hydrogen) atoms. The summed E-state index contributed by atoms with van der Waals surface area (Å²) in [5.74, 6) is 0.0979. The van der Waals surface area contributed by atoms with Crippen molar-refractivity contribution in [1.29, 1.82) is 0 Å². The number of carbonyl (C=O) groups excluding carboxylic acids is 2. The zero-order chi connectivity index (χ0) is 23.4. The number of hydrogen-bond donors (Lipinski definition) is 2. The smallest absolute Gasteiger partial charge is 0.287 e. The highest BCUT2D eigenvalue weighted by atomic mass is 32.1. The molecule has 2 aromatic heterocycles. The fourth-order valence-electron chi connectivity index (χ4n) is 3.77. The van der Waals surface area contributed by atoms with E-state index in [9.17, 15) is 19.7 Å². The zero-order valence-electron chi connectivity index (χ0n) is 17.9. The van der Waals surface area contributed by atoms with E-state index < -0.39 is 10.8 Å². The Morgan fingerprint density at radius 2 is 2.06 bits per heavy atom. The molecule has 10 heteroatoms. The van der Waals surface area contributed by atoms with Crippen molar-refractivity contribution in [2.45, 2.75) is 32.6 Å². The lowest BCUT2D eigenvalue weighted by Gasteiger charge is -2.13. The number of amides is 2. The Morgan fingerprint density at radius 3 is 2.82 bits per heavy atom. The lowest BCUT2D eigenvalue weighted by molar-refractivity contribution is -0.384. The number of aryl methyl sites for hydroxylation is 1. The molecule has 0 saturated heterocycles. The molecular weight excluding hydrogens is 444 g/mol. The van der Waals surface area contributed by atoms with Crippen molar-refractivity contribution in [2.75, 3.05) is 6.54 Å². The molecule has 1 aromatic carbocycles. The number of carbonyl (C=O) groups is 2. The maximum Gasteiger partial charge on any atom is 0.287 e. The van der Waals surface area contributed by atoms with Gasteiger partial charge in [0.25, 0.3) is 17.5 Å². The summed E-state index contributed by atoms with van der Waals surface area (Å²) in [5.41, 5.74) is 4.49. The molecule has 4 rings (SSSR count). The lowest BCUT2D eigenvalue weighted by atomic mass is 9.93. The van der Waals surface area contributed by atoms with E-state index in [1.807, 2.05) is 17.5 Å².